The molecule has 2 N–H and O–H groups in total. The lowest BCUT2D eigenvalue weighted by Crippen LogP contribution is -2.19. The summed E-state index contributed by atoms with van der Waals surface area (Å²) in [7, 11) is 0. The van der Waals surface area contributed by atoms with E-state index in [0.29, 0.717) is 13.0 Å². The average molecular weight is 421 g/mol. The molecular formula is C20H25BrN2O3. The molecule has 0 atom stereocenters. The third-order valence-corrected chi connectivity index (χ3v) is 4.48. The fraction of sp³-hybridized carbons (Fsp3) is 0.400. The minimum Gasteiger partial charge on any atom is -0.492 e. The monoisotopic (exact) mass is 420 g/mol. The zero-order valence-corrected chi connectivity index (χ0v) is 16.8. The van der Waals surface area contributed by atoms with Gasteiger partial charge in [-0.15, -0.1) is 0 Å². The number of hydrogen-bond acceptors (Lipinski definition) is 4. The number of hydrogen-bond donors (Lipinski definition) is 2. The fourth-order valence-corrected chi connectivity index (χ4v) is 3.27. The number of nitrogens with one attached hydrogen (secondary N) is 1. The molecule has 2 rings (SSSR count). The molecule has 1 aromatic carbocycles. The van der Waals surface area contributed by atoms with E-state index in [1.54, 1.807) is 6.20 Å². The van der Waals surface area contributed by atoms with Gasteiger partial charge in [0.15, 0.2) is 0 Å². The summed E-state index contributed by atoms with van der Waals surface area (Å²) in [5.41, 5.74) is 0.803. The van der Waals surface area contributed by atoms with Crippen LogP contribution in [0.25, 0.3) is 0 Å². The highest BCUT2D eigenvalue weighted by atomic mass is 79.9. The van der Waals surface area contributed by atoms with Crippen molar-refractivity contribution in [1.29, 1.82) is 0 Å². The van der Waals surface area contributed by atoms with E-state index in [9.17, 15) is 4.79 Å². The van der Waals surface area contributed by atoms with E-state index < -0.39 is 5.97 Å². The van der Waals surface area contributed by atoms with Gasteiger partial charge in [-0.05, 0) is 64.0 Å². The van der Waals surface area contributed by atoms with Crippen LogP contribution in [0.1, 0.15) is 32.3 Å². The van der Waals surface area contributed by atoms with E-state index >= 15 is 0 Å². The Bertz CT molecular complexity index is 720. The second kappa shape index (κ2) is 9.57. The highest BCUT2D eigenvalue weighted by Gasteiger charge is 2.22. The molecule has 0 saturated heterocycles. The Morgan fingerprint density at radius 1 is 1.31 bits per heavy atom. The number of aromatic nitrogens is 1. The maximum atomic E-state index is 10.9. The van der Waals surface area contributed by atoms with E-state index in [1.807, 2.05) is 50.2 Å². The largest absolute Gasteiger partial charge is 0.492 e. The number of aliphatic carboxylic acids is 1. The van der Waals surface area contributed by atoms with E-state index in [4.69, 9.17) is 9.84 Å². The number of ether oxygens (including phenoxy) is 1. The lowest BCUT2D eigenvalue weighted by Gasteiger charge is -2.22. The van der Waals surface area contributed by atoms with Crippen LogP contribution in [0.15, 0.2) is 47.1 Å². The normalized spacial score (nSPS) is 11.2. The Morgan fingerprint density at radius 2 is 2.12 bits per heavy atom. The highest BCUT2D eigenvalue weighted by molar-refractivity contribution is 9.10. The second-order valence-electron chi connectivity index (χ2n) is 7.02. The van der Waals surface area contributed by atoms with Crippen LogP contribution < -0.4 is 10.1 Å². The third-order valence-electron chi connectivity index (χ3n) is 3.86. The van der Waals surface area contributed by atoms with Crippen molar-refractivity contribution in [2.24, 2.45) is 5.41 Å². The Labute approximate surface area is 162 Å². The van der Waals surface area contributed by atoms with Gasteiger partial charge >= 0.3 is 5.97 Å². The van der Waals surface area contributed by atoms with Crippen LogP contribution in [0.5, 0.6) is 5.75 Å². The summed E-state index contributed by atoms with van der Waals surface area (Å²) in [6.07, 6.45) is 3.46. The lowest BCUT2D eigenvalue weighted by molar-refractivity contribution is -0.139. The number of benzene rings is 1. The van der Waals surface area contributed by atoms with Gasteiger partial charge in [0.1, 0.15) is 11.6 Å². The van der Waals surface area contributed by atoms with Crippen molar-refractivity contribution in [3.05, 3.63) is 52.6 Å². The first-order chi connectivity index (χ1) is 12.4. The molecule has 0 spiro atoms. The van der Waals surface area contributed by atoms with E-state index in [-0.39, 0.29) is 11.8 Å². The van der Waals surface area contributed by atoms with Crippen molar-refractivity contribution >= 4 is 27.7 Å². The summed E-state index contributed by atoms with van der Waals surface area (Å²) in [4.78, 5) is 15.2. The molecule has 0 aliphatic rings. The molecule has 26 heavy (non-hydrogen) atoms. The van der Waals surface area contributed by atoms with Gasteiger partial charge in [-0.25, -0.2) is 4.98 Å². The molecule has 0 amide bonds. The minimum atomic E-state index is -0.770. The number of carboxylic acid groups (broad SMARTS) is 1. The first-order valence-corrected chi connectivity index (χ1v) is 9.43. The number of pyridine rings is 1. The minimum absolute atomic E-state index is 0.145. The number of rotatable bonds is 10. The average Bonchev–Trinajstić information content (AvgIpc) is 2.55. The zero-order chi connectivity index (χ0) is 19.0. The molecule has 0 aliphatic heterocycles. The van der Waals surface area contributed by atoms with Crippen LogP contribution in [-0.4, -0.2) is 29.2 Å². The lowest BCUT2D eigenvalue weighted by atomic mass is 9.83. The summed E-state index contributed by atoms with van der Waals surface area (Å²) < 4.78 is 6.71. The van der Waals surface area contributed by atoms with E-state index in [1.165, 1.54) is 0 Å². The van der Waals surface area contributed by atoms with Crippen LogP contribution >= 0.6 is 15.9 Å². The number of halogens is 1. The molecule has 0 aliphatic carbocycles. The van der Waals surface area contributed by atoms with Gasteiger partial charge in [-0.3, -0.25) is 4.79 Å². The zero-order valence-electron chi connectivity index (χ0n) is 15.2. The predicted molar refractivity (Wildman–Crippen MR) is 107 cm³/mol. The topological polar surface area (TPSA) is 71.5 Å². The van der Waals surface area contributed by atoms with Crippen molar-refractivity contribution in [2.45, 2.75) is 33.1 Å². The first-order valence-electron chi connectivity index (χ1n) is 8.64. The summed E-state index contributed by atoms with van der Waals surface area (Å²) in [6, 6.07) is 11.7. The Hall–Kier alpha value is -2.08. The van der Waals surface area contributed by atoms with Crippen molar-refractivity contribution in [1.82, 2.24) is 4.98 Å². The van der Waals surface area contributed by atoms with Gasteiger partial charge < -0.3 is 15.2 Å². The highest BCUT2D eigenvalue weighted by Crippen LogP contribution is 2.31. The Morgan fingerprint density at radius 3 is 2.77 bits per heavy atom. The predicted octanol–water partition coefficient (Wildman–Crippen LogP) is 4.77. The molecule has 0 fully saturated rings. The van der Waals surface area contributed by atoms with Crippen LogP contribution in [0, 0.1) is 5.41 Å². The standard InChI is InChI=1S/C20H25BrN2O3/c1-20(2,14-19(24)25)13-15-7-8-17(16(21)12-15)26-11-5-10-23-18-6-3-4-9-22-18/h3-4,6-9,12H,5,10-11,13-14H2,1-2H3,(H,22,23)(H,24,25). The molecule has 1 heterocycles. The number of carbonyl (C=O) groups is 1. The van der Waals surface area contributed by atoms with Gasteiger partial charge in [-0.1, -0.05) is 26.0 Å². The van der Waals surface area contributed by atoms with Crippen molar-refractivity contribution in [3.63, 3.8) is 0 Å². The van der Waals surface area contributed by atoms with Crippen LogP contribution in [0.4, 0.5) is 5.82 Å². The SMILES string of the molecule is CC(C)(CC(=O)O)Cc1ccc(OCCCNc2ccccn2)c(Br)c1. The van der Waals surface area contributed by atoms with Gasteiger partial charge in [-0.2, -0.15) is 0 Å². The first kappa shape index (κ1) is 20.2. The molecule has 0 unspecified atom stereocenters. The maximum Gasteiger partial charge on any atom is 0.303 e. The number of nitrogens with zero attached hydrogens (tertiary/aromatic N) is 1. The van der Waals surface area contributed by atoms with E-state index in [2.05, 4.69) is 26.2 Å². The molecule has 1 aromatic heterocycles. The second-order valence-corrected chi connectivity index (χ2v) is 7.87. The van der Waals surface area contributed by atoms with Gasteiger partial charge in [0.05, 0.1) is 17.5 Å². The summed E-state index contributed by atoms with van der Waals surface area (Å²) in [5, 5.41) is 12.2. The molecule has 0 radical (unpaired) electrons. The van der Waals surface area contributed by atoms with Crippen molar-refractivity contribution in [2.75, 3.05) is 18.5 Å². The van der Waals surface area contributed by atoms with Gasteiger partial charge in [0, 0.05) is 12.7 Å². The van der Waals surface area contributed by atoms with Crippen molar-refractivity contribution in [3.8, 4) is 5.75 Å². The fourth-order valence-electron chi connectivity index (χ4n) is 2.73. The smallest absolute Gasteiger partial charge is 0.303 e. The Kier molecular flexibility index (Phi) is 7.45. The molecular weight excluding hydrogens is 396 g/mol. The van der Waals surface area contributed by atoms with Crippen molar-refractivity contribution < 1.29 is 14.6 Å². The van der Waals surface area contributed by atoms with Gasteiger partial charge in [0.25, 0.3) is 0 Å². The molecule has 0 saturated carbocycles. The number of anilines is 1. The summed E-state index contributed by atoms with van der Waals surface area (Å²) in [6.45, 7) is 5.32. The van der Waals surface area contributed by atoms with Gasteiger partial charge in [0.2, 0.25) is 0 Å². The Balaban J connectivity index is 1.79. The van der Waals surface area contributed by atoms with E-state index in [0.717, 1.165) is 34.6 Å². The third kappa shape index (κ3) is 7.04. The maximum absolute atomic E-state index is 10.9. The van der Waals surface area contributed by atoms with Crippen LogP contribution in [0.3, 0.4) is 0 Å². The molecule has 2 aromatic rings. The molecule has 6 heteroatoms. The number of carboxylic acids is 1. The molecule has 5 nitrogen and oxygen atoms in total. The summed E-state index contributed by atoms with van der Waals surface area (Å²) in [5.74, 6) is 0.887. The quantitative estimate of drug-likeness (QED) is 0.541. The summed E-state index contributed by atoms with van der Waals surface area (Å²) >= 11 is 3.54. The molecule has 140 valence electrons. The molecule has 0 bridgehead atoms. The van der Waals surface area contributed by atoms with Crippen LogP contribution in [-0.2, 0) is 11.2 Å². The van der Waals surface area contributed by atoms with Crippen LogP contribution in [0.2, 0.25) is 0 Å².